The summed E-state index contributed by atoms with van der Waals surface area (Å²) in [5.41, 5.74) is 1.41. The Morgan fingerprint density at radius 3 is 2.38 bits per heavy atom. The molecule has 1 rings (SSSR count). The number of rotatable bonds is 4. The van der Waals surface area contributed by atoms with Gasteiger partial charge in [-0.25, -0.2) is 0 Å². The fourth-order valence-corrected chi connectivity index (χ4v) is 3.37. The molecule has 1 aromatic carbocycles. The molecule has 0 N–H and O–H groups in total. The van der Waals surface area contributed by atoms with Crippen LogP contribution in [-0.4, -0.2) is 12.0 Å². The molecule has 0 fully saturated rings. The zero-order valence-corrected chi connectivity index (χ0v) is 11.0. The van der Waals surface area contributed by atoms with Gasteiger partial charge in [-0.3, -0.25) is 0 Å². The molecule has 3 heteroatoms. The summed E-state index contributed by atoms with van der Waals surface area (Å²) < 4.78 is 1.73. The molecule has 1 atom stereocenters. The Bertz CT molecular complexity index is 246. The molecule has 0 aliphatic rings. The molecule has 0 saturated carbocycles. The first-order valence-corrected chi connectivity index (χ1v) is 7.30. The van der Waals surface area contributed by atoms with Crippen LogP contribution < -0.4 is 0 Å². The highest BCUT2D eigenvalue weighted by molar-refractivity contribution is 9.10. The standard InChI is InChI=1S/C10H13BrS2/c1-3-13-10(12-2)8-4-6-9(11)7-5-8/h4-7,10H,3H2,1-2H3. The lowest BCUT2D eigenvalue weighted by Gasteiger charge is -2.12. The lowest BCUT2D eigenvalue weighted by Crippen LogP contribution is -1.88. The van der Waals surface area contributed by atoms with Gasteiger partial charge in [-0.1, -0.05) is 35.0 Å². The molecule has 13 heavy (non-hydrogen) atoms. The van der Waals surface area contributed by atoms with Crippen molar-refractivity contribution in [3.05, 3.63) is 34.3 Å². The van der Waals surface area contributed by atoms with Crippen LogP contribution in [0.1, 0.15) is 17.1 Å². The van der Waals surface area contributed by atoms with Gasteiger partial charge in [-0.15, -0.1) is 23.5 Å². The van der Waals surface area contributed by atoms with E-state index in [0.29, 0.717) is 4.58 Å². The van der Waals surface area contributed by atoms with Crippen LogP contribution in [0, 0.1) is 0 Å². The van der Waals surface area contributed by atoms with E-state index in [9.17, 15) is 0 Å². The first-order chi connectivity index (χ1) is 6.27. The molecule has 0 aromatic heterocycles. The third-order valence-electron chi connectivity index (χ3n) is 1.67. The molecule has 0 amide bonds. The molecule has 0 saturated heterocycles. The second-order valence-electron chi connectivity index (χ2n) is 2.57. The minimum absolute atomic E-state index is 0.582. The molecule has 0 aliphatic carbocycles. The summed E-state index contributed by atoms with van der Waals surface area (Å²) >= 11 is 7.33. The normalized spacial score (nSPS) is 12.8. The third-order valence-corrected chi connectivity index (χ3v) is 4.80. The number of hydrogen-bond donors (Lipinski definition) is 0. The fourth-order valence-electron chi connectivity index (χ4n) is 1.07. The van der Waals surface area contributed by atoms with E-state index in [1.165, 1.54) is 11.3 Å². The lowest BCUT2D eigenvalue weighted by molar-refractivity contribution is 1.36. The van der Waals surface area contributed by atoms with Crippen molar-refractivity contribution in [1.82, 2.24) is 0 Å². The van der Waals surface area contributed by atoms with Crippen LogP contribution in [0.3, 0.4) is 0 Å². The Labute approximate surface area is 97.0 Å². The van der Waals surface area contributed by atoms with Gasteiger partial charge in [-0.05, 0) is 29.7 Å². The summed E-state index contributed by atoms with van der Waals surface area (Å²) in [4.78, 5) is 0. The zero-order chi connectivity index (χ0) is 9.68. The van der Waals surface area contributed by atoms with Gasteiger partial charge in [0, 0.05) is 4.47 Å². The minimum atomic E-state index is 0.582. The van der Waals surface area contributed by atoms with E-state index in [0.717, 1.165) is 4.47 Å². The van der Waals surface area contributed by atoms with Crippen molar-refractivity contribution >= 4 is 39.5 Å². The Balaban J connectivity index is 2.73. The monoisotopic (exact) mass is 276 g/mol. The third kappa shape index (κ3) is 3.56. The van der Waals surface area contributed by atoms with E-state index in [1.807, 2.05) is 23.5 Å². The largest absolute Gasteiger partial charge is 0.146 e. The van der Waals surface area contributed by atoms with Crippen molar-refractivity contribution in [3.63, 3.8) is 0 Å². The molecular formula is C10H13BrS2. The molecular weight excluding hydrogens is 264 g/mol. The Kier molecular flexibility index (Phi) is 5.29. The summed E-state index contributed by atoms with van der Waals surface area (Å²) in [6.45, 7) is 2.20. The molecule has 0 bridgehead atoms. The second-order valence-corrected chi connectivity index (χ2v) is 6.11. The van der Waals surface area contributed by atoms with Crippen LogP contribution in [-0.2, 0) is 0 Å². The van der Waals surface area contributed by atoms with Gasteiger partial charge in [0.1, 0.15) is 0 Å². The fraction of sp³-hybridized carbons (Fsp3) is 0.400. The van der Waals surface area contributed by atoms with Crippen molar-refractivity contribution in [1.29, 1.82) is 0 Å². The predicted octanol–water partition coefficient (Wildman–Crippen LogP) is 4.56. The topological polar surface area (TPSA) is 0 Å². The first-order valence-electron chi connectivity index (χ1n) is 4.17. The predicted molar refractivity (Wildman–Crippen MR) is 68.5 cm³/mol. The SMILES string of the molecule is CCSC(SC)c1ccc(Br)cc1. The van der Waals surface area contributed by atoms with Crippen LogP contribution in [0.25, 0.3) is 0 Å². The Morgan fingerprint density at radius 2 is 1.92 bits per heavy atom. The minimum Gasteiger partial charge on any atom is -0.146 e. The second kappa shape index (κ2) is 5.99. The van der Waals surface area contributed by atoms with Crippen LogP contribution in [0.15, 0.2) is 28.7 Å². The van der Waals surface area contributed by atoms with E-state index in [1.54, 1.807) is 0 Å². The summed E-state index contributed by atoms with van der Waals surface area (Å²) in [7, 11) is 0. The van der Waals surface area contributed by atoms with E-state index in [-0.39, 0.29) is 0 Å². The average molecular weight is 277 g/mol. The van der Waals surface area contributed by atoms with Gasteiger partial charge < -0.3 is 0 Å². The number of hydrogen-bond acceptors (Lipinski definition) is 2. The first kappa shape index (κ1) is 11.5. The summed E-state index contributed by atoms with van der Waals surface area (Å²) in [6.07, 6.45) is 2.16. The summed E-state index contributed by atoms with van der Waals surface area (Å²) in [5.74, 6) is 1.17. The van der Waals surface area contributed by atoms with Gasteiger partial charge in [0.2, 0.25) is 0 Å². The Morgan fingerprint density at radius 1 is 1.31 bits per heavy atom. The van der Waals surface area contributed by atoms with Gasteiger partial charge in [0.15, 0.2) is 0 Å². The molecule has 1 aromatic rings. The highest BCUT2D eigenvalue weighted by Gasteiger charge is 2.08. The van der Waals surface area contributed by atoms with Crippen LogP contribution >= 0.6 is 39.5 Å². The number of thioether (sulfide) groups is 2. The molecule has 0 heterocycles. The van der Waals surface area contributed by atoms with Crippen LogP contribution in [0.5, 0.6) is 0 Å². The van der Waals surface area contributed by atoms with Crippen molar-refractivity contribution in [3.8, 4) is 0 Å². The van der Waals surface area contributed by atoms with E-state index >= 15 is 0 Å². The van der Waals surface area contributed by atoms with Gasteiger partial charge in [-0.2, -0.15) is 0 Å². The maximum absolute atomic E-state index is 3.44. The van der Waals surface area contributed by atoms with Crippen molar-refractivity contribution in [2.45, 2.75) is 11.5 Å². The molecule has 0 spiro atoms. The van der Waals surface area contributed by atoms with E-state index in [2.05, 4.69) is 53.4 Å². The van der Waals surface area contributed by atoms with Crippen LogP contribution in [0.2, 0.25) is 0 Å². The van der Waals surface area contributed by atoms with Gasteiger partial charge >= 0.3 is 0 Å². The number of halogens is 1. The van der Waals surface area contributed by atoms with Crippen LogP contribution in [0.4, 0.5) is 0 Å². The van der Waals surface area contributed by atoms with E-state index < -0.39 is 0 Å². The van der Waals surface area contributed by atoms with Gasteiger partial charge in [0.25, 0.3) is 0 Å². The maximum atomic E-state index is 3.44. The molecule has 0 radical (unpaired) electrons. The quantitative estimate of drug-likeness (QED) is 0.740. The van der Waals surface area contributed by atoms with Crippen molar-refractivity contribution in [2.24, 2.45) is 0 Å². The van der Waals surface area contributed by atoms with Crippen molar-refractivity contribution in [2.75, 3.05) is 12.0 Å². The highest BCUT2D eigenvalue weighted by atomic mass is 79.9. The highest BCUT2D eigenvalue weighted by Crippen LogP contribution is 2.37. The molecule has 1 unspecified atom stereocenters. The number of benzene rings is 1. The smallest absolute Gasteiger partial charge is 0.0748 e. The Hall–Kier alpha value is 0.400. The zero-order valence-electron chi connectivity index (χ0n) is 7.79. The molecule has 72 valence electrons. The summed E-state index contributed by atoms with van der Waals surface area (Å²) in [5, 5.41) is 0. The lowest BCUT2D eigenvalue weighted by atomic mass is 10.2. The summed E-state index contributed by atoms with van der Waals surface area (Å²) in [6, 6.07) is 8.59. The van der Waals surface area contributed by atoms with Gasteiger partial charge in [0.05, 0.1) is 4.58 Å². The average Bonchev–Trinajstić information content (AvgIpc) is 2.16. The van der Waals surface area contributed by atoms with Crippen molar-refractivity contribution < 1.29 is 0 Å². The van der Waals surface area contributed by atoms with E-state index in [4.69, 9.17) is 0 Å². The molecule has 0 nitrogen and oxygen atoms in total. The maximum Gasteiger partial charge on any atom is 0.0748 e. The molecule has 0 aliphatic heterocycles.